The third kappa shape index (κ3) is 4.10. The van der Waals surface area contributed by atoms with Crippen molar-refractivity contribution in [2.24, 2.45) is 5.92 Å². The van der Waals surface area contributed by atoms with Crippen molar-refractivity contribution in [3.8, 4) is 0 Å². The third-order valence-electron chi connectivity index (χ3n) is 3.82. The van der Waals surface area contributed by atoms with Gasteiger partial charge in [0, 0.05) is 35.9 Å². The van der Waals surface area contributed by atoms with Gasteiger partial charge in [-0.2, -0.15) is 0 Å². The summed E-state index contributed by atoms with van der Waals surface area (Å²) in [5.74, 6) is -0.0706. The summed E-state index contributed by atoms with van der Waals surface area (Å²) in [7, 11) is 0. The highest BCUT2D eigenvalue weighted by atomic mass is 35.5. The number of amides is 1. The van der Waals surface area contributed by atoms with Gasteiger partial charge >= 0.3 is 5.63 Å². The molecule has 3 aromatic rings. The normalized spacial score (nSPS) is 12.2. The lowest BCUT2D eigenvalue weighted by Gasteiger charge is -2.13. The number of furan rings is 1. The van der Waals surface area contributed by atoms with Crippen LogP contribution in [0.2, 0.25) is 5.02 Å². The fourth-order valence-electron chi connectivity index (χ4n) is 2.50. The number of hydrogen-bond acceptors (Lipinski definition) is 5. The van der Waals surface area contributed by atoms with Gasteiger partial charge in [0.25, 0.3) is 5.91 Å². The molecule has 0 spiro atoms. The van der Waals surface area contributed by atoms with Crippen LogP contribution in [0, 0.1) is 5.92 Å². The Labute approximate surface area is 148 Å². The molecular weight excluding hydrogens is 346 g/mol. The lowest BCUT2D eigenvalue weighted by Crippen LogP contribution is -2.34. The molecule has 2 N–H and O–H groups in total. The molecule has 0 fully saturated rings. The van der Waals surface area contributed by atoms with Crippen molar-refractivity contribution in [1.29, 1.82) is 0 Å². The first-order valence-corrected chi connectivity index (χ1v) is 8.09. The van der Waals surface area contributed by atoms with E-state index in [1.807, 2.05) is 0 Å². The smallest absolute Gasteiger partial charge is 0.349 e. The minimum Gasteiger partial charge on any atom is -0.469 e. The molecule has 1 unspecified atom stereocenters. The van der Waals surface area contributed by atoms with Gasteiger partial charge in [-0.25, -0.2) is 4.79 Å². The number of benzene rings is 1. The Kier molecular flexibility index (Phi) is 5.21. The first-order chi connectivity index (χ1) is 12.1. The van der Waals surface area contributed by atoms with Gasteiger partial charge in [-0.1, -0.05) is 11.6 Å². The standard InChI is InChI=1S/C18H16ClNO5/c19-13-3-4-16-12(7-13)8-15(18(23)25-16)17(22)20-9-11(10-21)6-14-2-1-5-24-14/h1-5,7-8,11,21H,6,9-10H2,(H,20,22). The van der Waals surface area contributed by atoms with Crippen molar-refractivity contribution >= 4 is 28.5 Å². The molecule has 1 aromatic carbocycles. The average Bonchev–Trinajstić information content (AvgIpc) is 3.11. The van der Waals surface area contributed by atoms with Crippen molar-refractivity contribution in [3.05, 3.63) is 69.4 Å². The number of aliphatic hydroxyl groups is 1. The number of carbonyl (C=O) groups excluding carboxylic acids is 1. The maximum Gasteiger partial charge on any atom is 0.349 e. The van der Waals surface area contributed by atoms with Crippen LogP contribution in [-0.2, 0) is 6.42 Å². The summed E-state index contributed by atoms with van der Waals surface area (Å²) in [6.45, 7) is 0.0754. The van der Waals surface area contributed by atoms with Crippen LogP contribution in [-0.4, -0.2) is 24.2 Å². The largest absolute Gasteiger partial charge is 0.469 e. The van der Waals surface area contributed by atoms with Crippen molar-refractivity contribution in [1.82, 2.24) is 5.32 Å². The number of rotatable bonds is 6. The SMILES string of the molecule is O=C(NCC(CO)Cc1ccco1)c1cc2cc(Cl)ccc2oc1=O. The Bertz CT molecular complexity index is 932. The maximum atomic E-state index is 12.3. The van der Waals surface area contributed by atoms with Crippen molar-refractivity contribution in [2.45, 2.75) is 6.42 Å². The number of aliphatic hydroxyl groups excluding tert-OH is 1. The second-order valence-electron chi connectivity index (χ2n) is 5.67. The van der Waals surface area contributed by atoms with Gasteiger partial charge in [0.15, 0.2) is 0 Å². The van der Waals surface area contributed by atoms with Gasteiger partial charge in [0.05, 0.1) is 6.26 Å². The fraction of sp³-hybridized carbons (Fsp3) is 0.222. The van der Waals surface area contributed by atoms with E-state index in [-0.39, 0.29) is 24.6 Å². The van der Waals surface area contributed by atoms with Crippen LogP contribution in [0.4, 0.5) is 0 Å². The predicted octanol–water partition coefficient (Wildman–Crippen LogP) is 2.62. The average molecular weight is 362 g/mol. The second-order valence-corrected chi connectivity index (χ2v) is 6.11. The minimum absolute atomic E-state index is 0.107. The molecule has 0 saturated carbocycles. The van der Waals surface area contributed by atoms with Gasteiger partial charge in [0.1, 0.15) is 16.9 Å². The van der Waals surface area contributed by atoms with Crippen molar-refractivity contribution < 1.29 is 18.7 Å². The first-order valence-electron chi connectivity index (χ1n) is 7.71. The number of carbonyl (C=O) groups is 1. The van der Waals surface area contributed by atoms with Crippen molar-refractivity contribution in [3.63, 3.8) is 0 Å². The van der Waals surface area contributed by atoms with Gasteiger partial charge in [-0.15, -0.1) is 0 Å². The Morgan fingerprint density at radius 3 is 2.84 bits per heavy atom. The topological polar surface area (TPSA) is 92.7 Å². The molecular formula is C18H16ClNO5. The molecule has 3 rings (SSSR count). The van der Waals surface area contributed by atoms with E-state index in [0.29, 0.717) is 28.2 Å². The Balaban J connectivity index is 1.73. The summed E-state index contributed by atoms with van der Waals surface area (Å²) < 4.78 is 10.4. The third-order valence-corrected chi connectivity index (χ3v) is 4.05. The second kappa shape index (κ2) is 7.55. The molecule has 2 heterocycles. The first kappa shape index (κ1) is 17.3. The van der Waals surface area contributed by atoms with E-state index >= 15 is 0 Å². The molecule has 0 saturated heterocycles. The molecule has 0 aliphatic carbocycles. The van der Waals surface area contributed by atoms with Gasteiger partial charge in [0.2, 0.25) is 0 Å². The Morgan fingerprint density at radius 1 is 1.28 bits per heavy atom. The molecule has 0 radical (unpaired) electrons. The summed E-state index contributed by atoms with van der Waals surface area (Å²) >= 11 is 5.92. The Morgan fingerprint density at radius 2 is 2.12 bits per heavy atom. The molecule has 0 aliphatic rings. The highest BCUT2D eigenvalue weighted by Crippen LogP contribution is 2.19. The summed E-state index contributed by atoms with van der Waals surface area (Å²) in [4.78, 5) is 24.3. The summed E-state index contributed by atoms with van der Waals surface area (Å²) in [6.07, 6.45) is 2.03. The lowest BCUT2D eigenvalue weighted by molar-refractivity contribution is 0.0935. The monoisotopic (exact) mass is 361 g/mol. The van der Waals surface area contributed by atoms with E-state index in [4.69, 9.17) is 20.4 Å². The zero-order valence-corrected chi connectivity index (χ0v) is 14.0. The molecule has 6 nitrogen and oxygen atoms in total. The van der Waals surface area contributed by atoms with Crippen LogP contribution in [0.25, 0.3) is 11.0 Å². The summed E-state index contributed by atoms with van der Waals surface area (Å²) in [6, 6.07) is 9.80. The van der Waals surface area contributed by atoms with E-state index in [1.54, 1.807) is 36.6 Å². The van der Waals surface area contributed by atoms with Crippen LogP contribution in [0.15, 0.2) is 56.3 Å². The van der Waals surface area contributed by atoms with E-state index in [1.165, 1.54) is 6.07 Å². The number of hydrogen-bond donors (Lipinski definition) is 2. The van der Waals surface area contributed by atoms with Crippen LogP contribution in [0.3, 0.4) is 0 Å². The number of fused-ring (bicyclic) bond motifs is 1. The lowest BCUT2D eigenvalue weighted by atomic mass is 10.0. The van der Waals surface area contributed by atoms with Crippen molar-refractivity contribution in [2.75, 3.05) is 13.2 Å². The van der Waals surface area contributed by atoms with Crippen LogP contribution in [0.1, 0.15) is 16.1 Å². The summed E-state index contributed by atoms with van der Waals surface area (Å²) in [5, 5.41) is 13.1. The van der Waals surface area contributed by atoms with Gasteiger partial charge < -0.3 is 19.3 Å². The van der Waals surface area contributed by atoms with Crippen LogP contribution >= 0.6 is 11.6 Å². The van der Waals surface area contributed by atoms with Gasteiger partial charge in [-0.05, 0) is 36.4 Å². The van der Waals surface area contributed by atoms with E-state index in [2.05, 4.69) is 5.32 Å². The highest BCUT2D eigenvalue weighted by Gasteiger charge is 2.17. The molecule has 2 aromatic heterocycles. The zero-order chi connectivity index (χ0) is 17.8. The predicted molar refractivity (Wildman–Crippen MR) is 92.8 cm³/mol. The number of halogens is 1. The van der Waals surface area contributed by atoms with E-state index < -0.39 is 11.5 Å². The molecule has 25 heavy (non-hydrogen) atoms. The Hall–Kier alpha value is -2.57. The molecule has 1 atom stereocenters. The molecule has 7 heteroatoms. The molecule has 0 aliphatic heterocycles. The zero-order valence-electron chi connectivity index (χ0n) is 13.2. The molecule has 0 bridgehead atoms. The fourth-order valence-corrected chi connectivity index (χ4v) is 2.68. The van der Waals surface area contributed by atoms with E-state index in [0.717, 1.165) is 0 Å². The molecule has 130 valence electrons. The highest BCUT2D eigenvalue weighted by molar-refractivity contribution is 6.31. The summed E-state index contributed by atoms with van der Waals surface area (Å²) in [5.41, 5.74) is -0.472. The number of nitrogens with one attached hydrogen (secondary N) is 1. The van der Waals surface area contributed by atoms with Crippen LogP contribution < -0.4 is 10.9 Å². The van der Waals surface area contributed by atoms with Gasteiger partial charge in [-0.3, -0.25) is 4.79 Å². The quantitative estimate of drug-likeness (QED) is 0.658. The van der Waals surface area contributed by atoms with E-state index in [9.17, 15) is 14.7 Å². The van der Waals surface area contributed by atoms with Crippen LogP contribution in [0.5, 0.6) is 0 Å². The minimum atomic E-state index is -0.723. The molecule has 1 amide bonds. The maximum absolute atomic E-state index is 12.3.